The van der Waals surface area contributed by atoms with Gasteiger partial charge < -0.3 is 25.2 Å². The van der Waals surface area contributed by atoms with Crippen LogP contribution >= 0.6 is 11.8 Å². The molecule has 0 spiro atoms. The van der Waals surface area contributed by atoms with E-state index in [0.29, 0.717) is 17.1 Å². The fourth-order valence-electron chi connectivity index (χ4n) is 5.88. The van der Waals surface area contributed by atoms with E-state index in [1.165, 1.54) is 42.1 Å². The van der Waals surface area contributed by atoms with Crippen LogP contribution in [0.1, 0.15) is 64.0 Å². The Bertz CT molecular complexity index is 1570. The van der Waals surface area contributed by atoms with Gasteiger partial charge in [0.2, 0.25) is 0 Å². The number of benzene rings is 3. The van der Waals surface area contributed by atoms with Crippen molar-refractivity contribution in [3.8, 4) is 11.5 Å². The molecule has 0 saturated carbocycles. The van der Waals surface area contributed by atoms with Gasteiger partial charge in [0.15, 0.2) is 22.5 Å². The van der Waals surface area contributed by atoms with Crippen molar-refractivity contribution >= 4 is 44.9 Å². The molecule has 1 aliphatic heterocycles. The SMILES string of the molecule is CCCCC1(CCCC)CN(c2ccccc2)c2cc(SC)c(OCC(=O)N[C@@H](C(=O)O)c3ccc(O)cc3)cc2S(=O)(=O)C1. The first kappa shape index (κ1) is 34.2. The van der Waals surface area contributed by atoms with E-state index >= 15 is 0 Å². The van der Waals surface area contributed by atoms with Crippen molar-refractivity contribution in [1.82, 2.24) is 5.32 Å². The molecule has 0 fully saturated rings. The van der Waals surface area contributed by atoms with Crippen LogP contribution in [0, 0.1) is 5.41 Å². The number of unbranched alkanes of at least 4 members (excludes halogenated alkanes) is 2. The van der Waals surface area contributed by atoms with Gasteiger partial charge in [-0.2, -0.15) is 0 Å². The minimum absolute atomic E-state index is 0.0157. The third-order valence-corrected chi connectivity index (χ3v) is 10.9. The Morgan fingerprint density at radius 1 is 1.02 bits per heavy atom. The van der Waals surface area contributed by atoms with Crippen LogP contribution < -0.4 is 15.0 Å². The number of anilines is 2. The maximum atomic E-state index is 14.3. The lowest BCUT2D eigenvalue weighted by atomic mass is 9.79. The van der Waals surface area contributed by atoms with Gasteiger partial charge >= 0.3 is 5.97 Å². The van der Waals surface area contributed by atoms with Gasteiger partial charge in [0, 0.05) is 23.7 Å². The second kappa shape index (κ2) is 15.1. The molecule has 4 rings (SSSR count). The molecule has 0 aliphatic carbocycles. The summed E-state index contributed by atoms with van der Waals surface area (Å²) < 4.78 is 34.4. The largest absolute Gasteiger partial charge is 0.508 e. The van der Waals surface area contributed by atoms with Crippen LogP contribution in [0.5, 0.6) is 11.5 Å². The van der Waals surface area contributed by atoms with Crippen LogP contribution in [0.2, 0.25) is 0 Å². The van der Waals surface area contributed by atoms with E-state index in [1.54, 1.807) is 0 Å². The fraction of sp³-hybridized carbons (Fsp3) is 0.412. The maximum absolute atomic E-state index is 14.3. The molecule has 45 heavy (non-hydrogen) atoms. The lowest BCUT2D eigenvalue weighted by Crippen LogP contribution is -2.38. The Morgan fingerprint density at radius 2 is 1.67 bits per heavy atom. The average Bonchev–Trinajstić information content (AvgIpc) is 3.12. The standard InChI is InChI=1S/C34H42N2O7S2/c1-4-6-17-34(18-7-5-2)22-36(25-11-9-8-10-12-25)27-19-29(44-3)28(20-30(27)45(41,42)23-34)43-21-31(38)35-32(33(39)40)24-13-15-26(37)16-14-24/h8-16,19-20,32,37H,4-7,17-18,21-23H2,1-3H3,(H,35,38)(H,39,40)/t32-/m1/s1. The number of nitrogens with one attached hydrogen (secondary N) is 1. The van der Waals surface area contributed by atoms with Gasteiger partial charge in [-0.05, 0) is 55.0 Å². The quantitative estimate of drug-likeness (QED) is 0.162. The highest BCUT2D eigenvalue weighted by atomic mass is 32.2. The summed E-state index contributed by atoms with van der Waals surface area (Å²) in [6.45, 7) is 4.29. The number of thioether (sulfide) groups is 1. The maximum Gasteiger partial charge on any atom is 0.330 e. The lowest BCUT2D eigenvalue weighted by Gasteiger charge is -2.37. The van der Waals surface area contributed by atoms with E-state index in [0.717, 1.165) is 44.2 Å². The predicted octanol–water partition coefficient (Wildman–Crippen LogP) is 6.73. The molecule has 1 amide bonds. The molecule has 1 aliphatic rings. The van der Waals surface area contributed by atoms with Gasteiger partial charge in [-0.3, -0.25) is 4.79 Å². The van der Waals surface area contributed by atoms with Crippen LogP contribution in [0.4, 0.5) is 11.4 Å². The number of rotatable bonds is 14. The van der Waals surface area contributed by atoms with Crippen LogP contribution in [0.3, 0.4) is 0 Å². The summed E-state index contributed by atoms with van der Waals surface area (Å²) in [5, 5.41) is 21.7. The van der Waals surface area contributed by atoms with Crippen molar-refractivity contribution in [3.05, 3.63) is 72.3 Å². The fourth-order valence-corrected chi connectivity index (χ4v) is 8.54. The van der Waals surface area contributed by atoms with E-state index in [9.17, 15) is 28.2 Å². The summed E-state index contributed by atoms with van der Waals surface area (Å²) in [6.07, 6.45) is 7.25. The lowest BCUT2D eigenvalue weighted by molar-refractivity contribution is -0.142. The number of carboxylic acid groups (broad SMARTS) is 1. The molecule has 1 heterocycles. The monoisotopic (exact) mass is 654 g/mol. The summed E-state index contributed by atoms with van der Waals surface area (Å²) in [5.41, 5.74) is 1.32. The van der Waals surface area contributed by atoms with Gasteiger partial charge in [-0.15, -0.1) is 11.8 Å². The van der Waals surface area contributed by atoms with E-state index in [-0.39, 0.29) is 27.7 Å². The number of carboxylic acids is 1. The second-order valence-corrected chi connectivity index (χ2v) is 14.4. The Kier molecular flexibility index (Phi) is 11.4. The molecule has 1 atom stereocenters. The summed E-state index contributed by atoms with van der Waals surface area (Å²) in [5.74, 6) is -1.74. The number of carbonyl (C=O) groups excluding carboxylic acids is 1. The molecule has 3 aromatic rings. The number of aliphatic carboxylic acids is 1. The number of phenols is 1. The Hall–Kier alpha value is -3.70. The zero-order valence-electron chi connectivity index (χ0n) is 26.0. The normalized spacial score (nSPS) is 15.8. The zero-order valence-corrected chi connectivity index (χ0v) is 27.6. The molecule has 3 N–H and O–H groups in total. The number of hydrogen-bond donors (Lipinski definition) is 3. The van der Waals surface area contributed by atoms with E-state index in [4.69, 9.17) is 4.74 Å². The van der Waals surface area contributed by atoms with Crippen LogP contribution in [0.25, 0.3) is 0 Å². The van der Waals surface area contributed by atoms with Crippen molar-refractivity contribution in [2.24, 2.45) is 5.41 Å². The summed E-state index contributed by atoms with van der Waals surface area (Å²) in [7, 11) is -3.77. The topological polar surface area (TPSA) is 133 Å². The van der Waals surface area contributed by atoms with Crippen molar-refractivity contribution in [2.45, 2.75) is 68.2 Å². The molecular weight excluding hydrogens is 613 g/mol. The molecule has 9 nitrogen and oxygen atoms in total. The number of aromatic hydroxyl groups is 1. The Morgan fingerprint density at radius 3 is 2.24 bits per heavy atom. The number of carbonyl (C=O) groups is 2. The first-order valence-corrected chi connectivity index (χ1v) is 18.1. The van der Waals surface area contributed by atoms with Crippen molar-refractivity contribution in [2.75, 3.05) is 30.1 Å². The zero-order chi connectivity index (χ0) is 32.6. The first-order chi connectivity index (χ1) is 21.5. The summed E-state index contributed by atoms with van der Waals surface area (Å²) in [6, 6.07) is 17.3. The number of nitrogens with zero attached hydrogens (tertiary/aromatic N) is 1. The molecular formula is C34H42N2O7S2. The smallest absolute Gasteiger partial charge is 0.330 e. The molecule has 242 valence electrons. The highest BCUT2D eigenvalue weighted by Crippen LogP contribution is 2.47. The second-order valence-electron chi connectivity index (χ2n) is 11.6. The van der Waals surface area contributed by atoms with E-state index in [1.807, 2.05) is 42.7 Å². The van der Waals surface area contributed by atoms with Crippen molar-refractivity contribution in [1.29, 1.82) is 0 Å². The molecule has 0 radical (unpaired) electrons. The molecule has 0 bridgehead atoms. The minimum atomic E-state index is -3.77. The number of fused-ring (bicyclic) bond motifs is 1. The molecule has 3 aromatic carbocycles. The first-order valence-electron chi connectivity index (χ1n) is 15.2. The van der Waals surface area contributed by atoms with Crippen LogP contribution in [-0.4, -0.2) is 55.7 Å². The van der Waals surface area contributed by atoms with Gasteiger partial charge in [0.1, 0.15) is 11.5 Å². The van der Waals surface area contributed by atoms with E-state index < -0.39 is 39.8 Å². The number of para-hydroxylation sites is 1. The molecule has 0 unspecified atom stereocenters. The number of sulfone groups is 1. The number of hydrogen-bond acceptors (Lipinski definition) is 8. The molecule has 11 heteroatoms. The van der Waals surface area contributed by atoms with E-state index in [2.05, 4.69) is 24.1 Å². The third-order valence-electron chi connectivity index (χ3n) is 8.19. The summed E-state index contributed by atoms with van der Waals surface area (Å²) >= 11 is 1.37. The third kappa shape index (κ3) is 8.32. The average molecular weight is 655 g/mol. The van der Waals surface area contributed by atoms with Gasteiger partial charge in [0.05, 0.1) is 21.2 Å². The van der Waals surface area contributed by atoms with Gasteiger partial charge in [0.25, 0.3) is 5.91 Å². The van der Waals surface area contributed by atoms with Crippen molar-refractivity contribution in [3.63, 3.8) is 0 Å². The van der Waals surface area contributed by atoms with Crippen LogP contribution in [0.15, 0.2) is 76.5 Å². The predicted molar refractivity (Wildman–Crippen MR) is 177 cm³/mol. The van der Waals surface area contributed by atoms with Gasteiger partial charge in [-0.1, -0.05) is 69.9 Å². The van der Waals surface area contributed by atoms with Crippen LogP contribution in [-0.2, 0) is 19.4 Å². The summed E-state index contributed by atoms with van der Waals surface area (Å²) in [4.78, 5) is 27.7. The number of ether oxygens (including phenoxy) is 1. The van der Waals surface area contributed by atoms with Crippen molar-refractivity contribution < 1.29 is 33.0 Å². The number of phenolic OH excluding ortho intramolecular Hbond substituents is 1. The minimum Gasteiger partial charge on any atom is -0.508 e. The molecule has 0 aromatic heterocycles. The van der Waals surface area contributed by atoms with Gasteiger partial charge in [-0.25, -0.2) is 13.2 Å². The Balaban J connectivity index is 1.70. The molecule has 0 saturated heterocycles. The Labute approximate surface area is 269 Å². The highest BCUT2D eigenvalue weighted by molar-refractivity contribution is 7.98. The highest BCUT2D eigenvalue weighted by Gasteiger charge is 2.42. The number of amides is 1.